The summed E-state index contributed by atoms with van der Waals surface area (Å²) in [6.45, 7) is 2.00. The van der Waals surface area contributed by atoms with Crippen LogP contribution in [0.4, 0.5) is 0 Å². The highest BCUT2D eigenvalue weighted by atomic mass is 35.5. The van der Waals surface area contributed by atoms with Crippen molar-refractivity contribution in [1.29, 1.82) is 0 Å². The molecule has 0 aromatic heterocycles. The van der Waals surface area contributed by atoms with Gasteiger partial charge in [-0.05, 0) is 6.42 Å². The maximum Gasteiger partial charge on any atom is 0.297 e. The predicted octanol–water partition coefficient (Wildman–Crippen LogP) is 0.262. The molecule has 0 heterocycles. The zero-order valence-corrected chi connectivity index (χ0v) is 12.5. The molecule has 0 fully saturated rings. The van der Waals surface area contributed by atoms with Crippen LogP contribution in [0.2, 0.25) is 0 Å². The van der Waals surface area contributed by atoms with Crippen molar-refractivity contribution >= 4 is 21.6 Å². The van der Waals surface area contributed by atoms with Crippen LogP contribution in [-0.2, 0) is 10.0 Å². The molecule has 118 valence electrons. The zero-order chi connectivity index (χ0) is 16.4. The van der Waals surface area contributed by atoms with Crippen LogP contribution in [0.25, 0.3) is 0 Å². The third-order valence-electron chi connectivity index (χ3n) is 2.75. The van der Waals surface area contributed by atoms with Gasteiger partial charge in [0.05, 0.1) is 16.3 Å². The van der Waals surface area contributed by atoms with Crippen molar-refractivity contribution in [2.75, 3.05) is 6.54 Å². The predicted molar refractivity (Wildman–Crippen MR) is 73.7 cm³/mol. The molecule has 0 saturated heterocycles. The Morgan fingerprint density at radius 1 is 1.43 bits per heavy atom. The molecule has 0 amide bonds. The van der Waals surface area contributed by atoms with E-state index in [1.165, 1.54) is 0 Å². The molecule has 12 heteroatoms. The summed E-state index contributed by atoms with van der Waals surface area (Å²) in [5, 5.41) is 29.6. The van der Waals surface area contributed by atoms with E-state index in [4.69, 9.17) is 16.7 Å². The van der Waals surface area contributed by atoms with Gasteiger partial charge in [-0.25, -0.2) is 13.6 Å². The van der Waals surface area contributed by atoms with Gasteiger partial charge in [0.2, 0.25) is 10.0 Å². The fourth-order valence-corrected chi connectivity index (χ4v) is 2.56. The number of hydrogen-bond acceptors (Lipinski definition) is 7. The van der Waals surface area contributed by atoms with Crippen molar-refractivity contribution in [2.24, 2.45) is 5.14 Å². The highest BCUT2D eigenvalue weighted by Gasteiger charge is 2.50. The van der Waals surface area contributed by atoms with E-state index in [0.29, 0.717) is 12.5 Å². The van der Waals surface area contributed by atoms with Gasteiger partial charge in [-0.2, -0.15) is 0 Å². The van der Waals surface area contributed by atoms with E-state index in [1.54, 1.807) is 6.92 Å². The molecular formula is C9H13ClN4O6S. The lowest BCUT2D eigenvalue weighted by atomic mass is 10.0. The van der Waals surface area contributed by atoms with Crippen LogP contribution < -0.4 is 10.5 Å². The molecule has 0 aliphatic heterocycles. The summed E-state index contributed by atoms with van der Waals surface area (Å²) in [6, 6.07) is 0. The van der Waals surface area contributed by atoms with Gasteiger partial charge < -0.3 is 5.32 Å². The van der Waals surface area contributed by atoms with E-state index in [-0.39, 0.29) is 12.2 Å². The second-order valence-electron chi connectivity index (χ2n) is 4.30. The number of hydrogen-bond donors (Lipinski definition) is 2. The smallest absolute Gasteiger partial charge is 0.297 e. The first-order chi connectivity index (χ1) is 9.53. The number of nitrogens with one attached hydrogen (secondary N) is 1. The van der Waals surface area contributed by atoms with Gasteiger partial charge in [0.1, 0.15) is 0 Å². The van der Waals surface area contributed by atoms with Crippen molar-refractivity contribution in [3.05, 3.63) is 43.4 Å². The van der Waals surface area contributed by atoms with Crippen molar-refractivity contribution in [3.8, 4) is 0 Å². The number of alkyl halides is 1. The second kappa shape index (κ2) is 5.95. The Balaban J connectivity index is 3.51. The minimum Gasteiger partial charge on any atom is -0.374 e. The van der Waals surface area contributed by atoms with Gasteiger partial charge in [-0.1, -0.05) is 18.5 Å². The van der Waals surface area contributed by atoms with Gasteiger partial charge in [-0.15, -0.1) is 0 Å². The maximum absolute atomic E-state index is 11.5. The minimum atomic E-state index is -4.48. The average molecular weight is 341 g/mol. The lowest BCUT2D eigenvalue weighted by molar-refractivity contribution is -0.441. The normalized spacial score (nSPS) is 22.7. The number of nitro groups is 2. The first-order valence-corrected chi connectivity index (χ1v) is 7.66. The number of allylic oxidation sites excluding steroid dienone is 1. The molecule has 1 unspecified atom stereocenters. The van der Waals surface area contributed by atoms with E-state index >= 15 is 0 Å². The summed E-state index contributed by atoms with van der Waals surface area (Å²) in [5.74, 6) is 0. The first-order valence-electron chi connectivity index (χ1n) is 5.73. The van der Waals surface area contributed by atoms with E-state index in [9.17, 15) is 28.6 Å². The summed E-state index contributed by atoms with van der Waals surface area (Å²) in [7, 11) is -4.48. The summed E-state index contributed by atoms with van der Waals surface area (Å²) in [5.41, 5.74) is -1.83. The first kappa shape index (κ1) is 17.3. The Hall–Kier alpha value is -1.72. The minimum absolute atomic E-state index is 0.239. The molecule has 1 atom stereocenters. The van der Waals surface area contributed by atoms with E-state index in [1.807, 2.05) is 0 Å². The Kier molecular flexibility index (Phi) is 4.91. The van der Waals surface area contributed by atoms with E-state index in [0.717, 1.165) is 0 Å². The Morgan fingerprint density at radius 3 is 2.38 bits per heavy atom. The highest BCUT2D eigenvalue weighted by molar-refractivity contribution is 7.92. The summed E-state index contributed by atoms with van der Waals surface area (Å²) in [4.78, 5) is 20.3. The molecule has 10 nitrogen and oxygen atoms in total. The summed E-state index contributed by atoms with van der Waals surface area (Å²) < 4.78 is 20.5. The molecule has 3 N–H and O–H groups in total. The molecule has 1 rings (SSSR count). The van der Waals surface area contributed by atoms with Gasteiger partial charge in [-0.3, -0.25) is 20.2 Å². The lowest BCUT2D eigenvalue weighted by Gasteiger charge is -2.24. The fraction of sp³-hybridized carbons (Fsp3) is 0.556. The summed E-state index contributed by atoms with van der Waals surface area (Å²) >= 11 is 5.77. The number of sulfonamides is 1. The average Bonchev–Trinajstić information content (AvgIpc) is 2.34. The SMILES string of the molecule is CCCNC1=C([N+](=O)[O-])CC(Cl)(S(N)(=O)=O)C=C1[N+](=O)[O-]. The molecule has 1 aliphatic carbocycles. The zero-order valence-electron chi connectivity index (χ0n) is 10.9. The Labute approximate surface area is 125 Å². The largest absolute Gasteiger partial charge is 0.374 e. The van der Waals surface area contributed by atoms with Crippen LogP contribution in [0.5, 0.6) is 0 Å². The fourth-order valence-electron chi connectivity index (χ4n) is 1.72. The van der Waals surface area contributed by atoms with Crippen LogP contribution in [0.3, 0.4) is 0 Å². The number of nitrogens with zero attached hydrogens (tertiary/aromatic N) is 2. The monoisotopic (exact) mass is 340 g/mol. The van der Waals surface area contributed by atoms with Crippen molar-refractivity contribution < 1.29 is 18.3 Å². The molecule has 0 bridgehead atoms. The van der Waals surface area contributed by atoms with E-state index in [2.05, 4.69) is 5.32 Å². The number of halogens is 1. The van der Waals surface area contributed by atoms with Crippen LogP contribution in [0, 0.1) is 20.2 Å². The molecule has 0 aromatic rings. The number of nitrogens with two attached hydrogens (primary N) is 1. The molecule has 0 radical (unpaired) electrons. The summed E-state index contributed by atoms with van der Waals surface area (Å²) in [6.07, 6.45) is 0.402. The Morgan fingerprint density at radius 2 is 2.00 bits per heavy atom. The van der Waals surface area contributed by atoms with Gasteiger partial charge >= 0.3 is 0 Å². The third-order valence-corrected chi connectivity index (χ3v) is 4.84. The molecule has 1 aliphatic rings. The molecule has 0 saturated carbocycles. The van der Waals surface area contributed by atoms with Crippen molar-refractivity contribution in [2.45, 2.75) is 24.0 Å². The standard InChI is InChI=1S/C9H13ClN4O6S/c1-2-3-12-8-6(13(15)16)4-9(10,21(11,19)20)5-7(8)14(17)18/h4,12H,2-3,5H2,1H3,(H2,11,19,20). The van der Waals surface area contributed by atoms with Crippen molar-refractivity contribution in [3.63, 3.8) is 0 Å². The Bertz CT molecular complexity index is 643. The van der Waals surface area contributed by atoms with Crippen molar-refractivity contribution in [1.82, 2.24) is 5.32 Å². The second-order valence-corrected chi connectivity index (χ2v) is 7.02. The molecule has 21 heavy (non-hydrogen) atoms. The van der Waals surface area contributed by atoms with Crippen LogP contribution in [-0.4, -0.2) is 29.0 Å². The van der Waals surface area contributed by atoms with Gasteiger partial charge in [0.25, 0.3) is 11.4 Å². The maximum atomic E-state index is 11.5. The van der Waals surface area contributed by atoms with Crippen LogP contribution in [0.1, 0.15) is 19.8 Å². The van der Waals surface area contributed by atoms with Crippen LogP contribution >= 0.6 is 11.6 Å². The van der Waals surface area contributed by atoms with E-state index < -0.39 is 41.9 Å². The highest BCUT2D eigenvalue weighted by Crippen LogP contribution is 2.38. The molecule has 0 spiro atoms. The molecule has 0 aromatic carbocycles. The molecular weight excluding hydrogens is 328 g/mol. The topological polar surface area (TPSA) is 158 Å². The van der Waals surface area contributed by atoms with Crippen LogP contribution in [0.15, 0.2) is 23.2 Å². The van der Waals surface area contributed by atoms with Gasteiger partial charge in [0.15, 0.2) is 9.90 Å². The number of primary sulfonamides is 1. The number of rotatable bonds is 6. The van der Waals surface area contributed by atoms with Gasteiger partial charge in [0, 0.05) is 12.6 Å². The quantitative estimate of drug-likeness (QED) is 0.398. The third kappa shape index (κ3) is 3.49. The lowest BCUT2D eigenvalue weighted by Crippen LogP contribution is -2.42.